The summed E-state index contributed by atoms with van der Waals surface area (Å²) < 4.78 is 13.7. The molecule has 0 spiro atoms. The van der Waals surface area contributed by atoms with Crippen LogP contribution in [0.3, 0.4) is 0 Å². The van der Waals surface area contributed by atoms with Gasteiger partial charge >= 0.3 is 0 Å². The van der Waals surface area contributed by atoms with Gasteiger partial charge in [-0.3, -0.25) is 4.79 Å². The lowest BCUT2D eigenvalue weighted by atomic mass is 10.1. The van der Waals surface area contributed by atoms with Gasteiger partial charge in [-0.15, -0.1) is 11.3 Å². The van der Waals surface area contributed by atoms with Crippen LogP contribution in [0.4, 0.5) is 4.39 Å². The SMILES string of the molecule is O=C(Cc1ccccc1F)N1CCSC(c2cccs2)CC1. The highest BCUT2D eigenvalue weighted by Gasteiger charge is 2.23. The summed E-state index contributed by atoms with van der Waals surface area (Å²) in [7, 11) is 0. The summed E-state index contributed by atoms with van der Waals surface area (Å²) in [5, 5.41) is 2.58. The molecule has 116 valence electrons. The van der Waals surface area contributed by atoms with Gasteiger partial charge in [-0.25, -0.2) is 4.39 Å². The second-order valence-electron chi connectivity index (χ2n) is 5.31. The number of halogens is 1. The zero-order valence-electron chi connectivity index (χ0n) is 12.2. The van der Waals surface area contributed by atoms with Gasteiger partial charge in [0.15, 0.2) is 0 Å². The maximum Gasteiger partial charge on any atom is 0.227 e. The first-order chi connectivity index (χ1) is 10.7. The van der Waals surface area contributed by atoms with Crippen LogP contribution < -0.4 is 0 Å². The van der Waals surface area contributed by atoms with E-state index < -0.39 is 0 Å². The van der Waals surface area contributed by atoms with Crippen LogP contribution in [-0.2, 0) is 11.2 Å². The van der Waals surface area contributed by atoms with Gasteiger partial charge < -0.3 is 4.90 Å². The van der Waals surface area contributed by atoms with Crippen molar-refractivity contribution in [1.29, 1.82) is 0 Å². The Bertz CT molecular complexity index is 629. The average molecular weight is 335 g/mol. The Hall–Kier alpha value is -1.33. The minimum absolute atomic E-state index is 0.0255. The molecule has 1 aliphatic heterocycles. The molecular formula is C17H18FNOS2. The summed E-state index contributed by atoms with van der Waals surface area (Å²) in [6.07, 6.45) is 1.12. The first-order valence-corrected chi connectivity index (χ1v) is 9.33. The van der Waals surface area contributed by atoms with E-state index in [9.17, 15) is 9.18 Å². The van der Waals surface area contributed by atoms with Crippen LogP contribution in [0, 0.1) is 5.82 Å². The van der Waals surface area contributed by atoms with Crippen LogP contribution in [0.25, 0.3) is 0 Å². The minimum atomic E-state index is -0.295. The molecule has 5 heteroatoms. The Kier molecular flexibility index (Phi) is 5.16. The Morgan fingerprint density at radius 2 is 2.09 bits per heavy atom. The topological polar surface area (TPSA) is 20.3 Å². The van der Waals surface area contributed by atoms with Crippen LogP contribution >= 0.6 is 23.1 Å². The zero-order chi connectivity index (χ0) is 15.4. The number of benzene rings is 1. The zero-order valence-corrected chi connectivity index (χ0v) is 13.8. The molecule has 1 aromatic heterocycles. The lowest BCUT2D eigenvalue weighted by molar-refractivity contribution is -0.130. The van der Waals surface area contributed by atoms with E-state index in [0.717, 1.165) is 25.3 Å². The maximum absolute atomic E-state index is 13.7. The highest BCUT2D eigenvalue weighted by Crippen LogP contribution is 2.36. The normalized spacial score (nSPS) is 19.0. The van der Waals surface area contributed by atoms with E-state index in [1.165, 1.54) is 10.9 Å². The molecule has 1 aromatic carbocycles. The van der Waals surface area contributed by atoms with E-state index in [4.69, 9.17) is 0 Å². The van der Waals surface area contributed by atoms with Crippen molar-refractivity contribution in [1.82, 2.24) is 4.90 Å². The van der Waals surface area contributed by atoms with Gasteiger partial charge in [-0.05, 0) is 29.5 Å². The maximum atomic E-state index is 13.7. The number of thiophene rings is 1. The first-order valence-electron chi connectivity index (χ1n) is 7.40. The van der Waals surface area contributed by atoms with Crippen molar-refractivity contribution in [2.75, 3.05) is 18.8 Å². The molecule has 3 rings (SSSR count). The van der Waals surface area contributed by atoms with E-state index in [2.05, 4.69) is 17.5 Å². The number of thioether (sulfide) groups is 1. The Morgan fingerprint density at radius 3 is 2.86 bits per heavy atom. The molecule has 1 saturated heterocycles. The van der Waals surface area contributed by atoms with Crippen LogP contribution in [0.5, 0.6) is 0 Å². The smallest absolute Gasteiger partial charge is 0.227 e. The quantitative estimate of drug-likeness (QED) is 0.840. The number of carbonyl (C=O) groups is 1. The standard InChI is InChI=1S/C17H18FNOS2/c18-14-5-2-1-4-13(14)12-17(20)19-8-7-16(22-11-9-19)15-6-3-10-21-15/h1-6,10,16H,7-9,11-12H2. The van der Waals surface area contributed by atoms with E-state index in [0.29, 0.717) is 10.8 Å². The van der Waals surface area contributed by atoms with E-state index in [1.54, 1.807) is 29.5 Å². The van der Waals surface area contributed by atoms with Crippen LogP contribution in [0.1, 0.15) is 22.1 Å². The molecule has 2 nitrogen and oxygen atoms in total. The molecule has 0 bridgehead atoms. The first kappa shape index (κ1) is 15.6. The third-order valence-electron chi connectivity index (χ3n) is 3.85. The minimum Gasteiger partial charge on any atom is -0.342 e. The number of rotatable bonds is 3. The highest BCUT2D eigenvalue weighted by molar-refractivity contribution is 7.99. The molecule has 1 aliphatic rings. The third kappa shape index (κ3) is 3.70. The van der Waals surface area contributed by atoms with Gasteiger partial charge in [0.25, 0.3) is 0 Å². The molecular weight excluding hydrogens is 317 g/mol. The molecule has 1 fully saturated rings. The molecule has 2 aromatic rings. The lowest BCUT2D eigenvalue weighted by Crippen LogP contribution is -2.34. The number of nitrogens with zero attached hydrogens (tertiary/aromatic N) is 1. The molecule has 0 radical (unpaired) electrons. The second kappa shape index (κ2) is 7.29. The van der Waals surface area contributed by atoms with E-state index in [-0.39, 0.29) is 18.1 Å². The summed E-state index contributed by atoms with van der Waals surface area (Å²) in [4.78, 5) is 15.7. The van der Waals surface area contributed by atoms with Gasteiger partial charge in [0.05, 0.1) is 6.42 Å². The van der Waals surface area contributed by atoms with Crippen LogP contribution in [-0.4, -0.2) is 29.6 Å². The molecule has 22 heavy (non-hydrogen) atoms. The van der Waals surface area contributed by atoms with Crippen molar-refractivity contribution in [3.05, 3.63) is 58.0 Å². The Morgan fingerprint density at radius 1 is 1.23 bits per heavy atom. The van der Waals surface area contributed by atoms with Gasteiger partial charge in [-0.1, -0.05) is 24.3 Å². The summed E-state index contributed by atoms with van der Waals surface area (Å²) >= 11 is 3.69. The monoisotopic (exact) mass is 335 g/mol. The molecule has 1 unspecified atom stereocenters. The number of amides is 1. The third-order valence-corrected chi connectivity index (χ3v) is 6.30. The summed E-state index contributed by atoms with van der Waals surface area (Å²) in [6.45, 7) is 1.50. The van der Waals surface area contributed by atoms with Gasteiger partial charge in [0.2, 0.25) is 5.91 Å². The largest absolute Gasteiger partial charge is 0.342 e. The summed E-state index contributed by atoms with van der Waals surface area (Å²) in [5.41, 5.74) is 0.485. The Labute approximate surface area is 138 Å². The van der Waals surface area contributed by atoms with Crippen molar-refractivity contribution in [2.24, 2.45) is 0 Å². The number of hydrogen-bond donors (Lipinski definition) is 0. The second-order valence-corrected chi connectivity index (χ2v) is 7.60. The fraction of sp³-hybridized carbons (Fsp3) is 0.353. The van der Waals surface area contributed by atoms with Crippen molar-refractivity contribution >= 4 is 29.0 Å². The van der Waals surface area contributed by atoms with Crippen LogP contribution in [0.15, 0.2) is 41.8 Å². The summed E-state index contributed by atoms with van der Waals surface area (Å²) in [5.74, 6) is 0.667. The van der Waals surface area contributed by atoms with Gasteiger partial charge in [0, 0.05) is 29.0 Å². The molecule has 0 N–H and O–H groups in total. The highest BCUT2D eigenvalue weighted by atomic mass is 32.2. The van der Waals surface area contributed by atoms with Crippen LogP contribution in [0.2, 0.25) is 0 Å². The van der Waals surface area contributed by atoms with Gasteiger partial charge in [-0.2, -0.15) is 11.8 Å². The molecule has 2 heterocycles. The molecule has 0 saturated carbocycles. The fourth-order valence-corrected chi connectivity index (χ4v) is 4.88. The van der Waals surface area contributed by atoms with Crippen molar-refractivity contribution in [2.45, 2.75) is 18.1 Å². The van der Waals surface area contributed by atoms with Crippen molar-refractivity contribution < 1.29 is 9.18 Å². The summed E-state index contributed by atoms with van der Waals surface area (Å²) in [6, 6.07) is 10.8. The molecule has 1 amide bonds. The average Bonchev–Trinajstić information content (AvgIpc) is 2.94. The Balaban J connectivity index is 1.61. The van der Waals surface area contributed by atoms with E-state index in [1.807, 2.05) is 16.7 Å². The molecule has 1 atom stereocenters. The predicted octanol–water partition coefficient (Wildman–Crippen LogP) is 4.14. The lowest BCUT2D eigenvalue weighted by Gasteiger charge is -2.20. The number of carbonyl (C=O) groups excluding carboxylic acids is 1. The van der Waals surface area contributed by atoms with Crippen molar-refractivity contribution in [3.63, 3.8) is 0 Å². The molecule has 0 aliphatic carbocycles. The van der Waals surface area contributed by atoms with E-state index >= 15 is 0 Å². The van der Waals surface area contributed by atoms with Crippen molar-refractivity contribution in [3.8, 4) is 0 Å². The predicted molar refractivity (Wildman–Crippen MR) is 90.8 cm³/mol. The van der Waals surface area contributed by atoms with Gasteiger partial charge in [0.1, 0.15) is 5.82 Å². The fourth-order valence-electron chi connectivity index (χ4n) is 2.64. The number of hydrogen-bond acceptors (Lipinski definition) is 3.